The third-order valence-electron chi connectivity index (χ3n) is 7.45. The first kappa shape index (κ1) is 24.3. The van der Waals surface area contributed by atoms with Crippen molar-refractivity contribution in [3.05, 3.63) is 40.9 Å². The maximum Gasteiger partial charge on any atom is 0.309 e. The Balaban J connectivity index is 1.44. The summed E-state index contributed by atoms with van der Waals surface area (Å²) in [4.78, 5) is 14.7. The highest BCUT2D eigenvalue weighted by atomic mass is 35.5. The zero-order chi connectivity index (χ0) is 23.5. The molecule has 2 aliphatic rings. The molecule has 2 aromatic rings. The van der Waals surface area contributed by atoms with Gasteiger partial charge in [0.1, 0.15) is 5.75 Å². The molecule has 0 spiro atoms. The van der Waals surface area contributed by atoms with Gasteiger partial charge in [0.2, 0.25) is 0 Å². The van der Waals surface area contributed by atoms with Gasteiger partial charge in [0.25, 0.3) is 0 Å². The molecule has 4 nitrogen and oxygen atoms in total. The number of hydrogen-bond acceptors (Lipinski definition) is 4. The zero-order valence-corrected chi connectivity index (χ0v) is 21.2. The molecule has 1 heterocycles. The minimum atomic E-state index is -0.0488. The number of likely N-dealkylation sites (tertiary alicyclic amines) is 1. The summed E-state index contributed by atoms with van der Waals surface area (Å²) in [6.07, 6.45) is 6.58. The second-order valence-electron chi connectivity index (χ2n) is 10.3. The van der Waals surface area contributed by atoms with Crippen LogP contribution >= 0.6 is 11.6 Å². The van der Waals surface area contributed by atoms with Crippen LogP contribution in [0, 0.1) is 11.8 Å². The highest BCUT2D eigenvalue weighted by Crippen LogP contribution is 2.38. The molecule has 2 fully saturated rings. The summed E-state index contributed by atoms with van der Waals surface area (Å²) in [5.74, 6) is 1.57. The number of benzene rings is 2. The topological polar surface area (TPSA) is 38.8 Å². The number of carbonyl (C=O) groups is 1. The van der Waals surface area contributed by atoms with Crippen LogP contribution in [-0.4, -0.2) is 36.2 Å². The van der Waals surface area contributed by atoms with E-state index in [9.17, 15) is 4.79 Å². The Morgan fingerprint density at radius 2 is 1.67 bits per heavy atom. The van der Waals surface area contributed by atoms with E-state index in [0.29, 0.717) is 0 Å². The van der Waals surface area contributed by atoms with E-state index < -0.39 is 0 Å². The smallest absolute Gasteiger partial charge is 0.309 e. The second-order valence-corrected chi connectivity index (χ2v) is 10.7. The molecule has 0 amide bonds. The van der Waals surface area contributed by atoms with Gasteiger partial charge in [0.15, 0.2) is 0 Å². The number of esters is 1. The van der Waals surface area contributed by atoms with Gasteiger partial charge in [0, 0.05) is 11.4 Å². The molecule has 0 N–H and O–H groups in total. The average molecular weight is 472 g/mol. The summed E-state index contributed by atoms with van der Waals surface area (Å²) in [6, 6.07) is 11.0. The van der Waals surface area contributed by atoms with Crippen molar-refractivity contribution < 1.29 is 14.3 Å². The fraction of sp³-hybridized carbons (Fsp3) is 0.607. The lowest BCUT2D eigenvalue weighted by Crippen LogP contribution is -2.38. The Kier molecular flexibility index (Phi) is 7.86. The lowest BCUT2D eigenvalue weighted by molar-refractivity contribution is -0.154. The Morgan fingerprint density at radius 1 is 1.00 bits per heavy atom. The second kappa shape index (κ2) is 10.7. The molecule has 5 heteroatoms. The van der Waals surface area contributed by atoms with E-state index in [1.54, 1.807) is 0 Å². The summed E-state index contributed by atoms with van der Waals surface area (Å²) in [7, 11) is 0. The normalized spacial score (nSPS) is 23.6. The highest BCUT2D eigenvalue weighted by Gasteiger charge is 2.29. The Morgan fingerprint density at radius 3 is 2.33 bits per heavy atom. The van der Waals surface area contributed by atoms with Gasteiger partial charge in [-0.3, -0.25) is 9.69 Å². The molecule has 4 rings (SSSR count). The molecule has 1 saturated carbocycles. The van der Waals surface area contributed by atoms with Crippen LogP contribution in [0.1, 0.15) is 77.8 Å². The Hall–Kier alpha value is -1.78. The average Bonchev–Trinajstić information content (AvgIpc) is 2.81. The molecule has 0 bridgehead atoms. The predicted molar refractivity (Wildman–Crippen MR) is 135 cm³/mol. The minimum absolute atomic E-state index is 0.0179. The number of nitrogens with zero attached hydrogens (tertiary/aromatic N) is 1. The van der Waals surface area contributed by atoms with Crippen LogP contribution in [0.5, 0.6) is 5.75 Å². The van der Waals surface area contributed by atoms with Crippen molar-refractivity contribution in [2.75, 3.05) is 13.1 Å². The Labute approximate surface area is 203 Å². The molecule has 0 aromatic heterocycles. The maximum absolute atomic E-state index is 12.3. The number of ether oxygens (including phenoxy) is 2. The molecule has 1 saturated heterocycles. The summed E-state index contributed by atoms with van der Waals surface area (Å²) >= 11 is 6.86. The fourth-order valence-corrected chi connectivity index (χ4v) is 5.49. The van der Waals surface area contributed by atoms with Gasteiger partial charge in [0.05, 0.1) is 23.1 Å². The third-order valence-corrected chi connectivity index (χ3v) is 7.84. The summed E-state index contributed by atoms with van der Waals surface area (Å²) < 4.78 is 11.8. The third kappa shape index (κ3) is 5.84. The van der Waals surface area contributed by atoms with E-state index in [4.69, 9.17) is 21.1 Å². The molecule has 1 unspecified atom stereocenters. The first-order valence-electron chi connectivity index (χ1n) is 12.6. The predicted octanol–water partition coefficient (Wildman–Crippen LogP) is 7.18. The molecule has 180 valence electrons. The van der Waals surface area contributed by atoms with Gasteiger partial charge >= 0.3 is 5.97 Å². The van der Waals surface area contributed by atoms with Crippen molar-refractivity contribution in [1.82, 2.24) is 4.90 Å². The van der Waals surface area contributed by atoms with E-state index in [2.05, 4.69) is 43.0 Å². The molecule has 0 radical (unpaired) electrons. The van der Waals surface area contributed by atoms with Crippen LogP contribution in [0.3, 0.4) is 0 Å². The number of fused-ring (bicyclic) bond motifs is 1. The first-order valence-corrected chi connectivity index (χ1v) is 13.0. The molecule has 33 heavy (non-hydrogen) atoms. The van der Waals surface area contributed by atoms with E-state index in [1.165, 1.54) is 18.4 Å². The fourth-order valence-electron chi connectivity index (χ4n) is 5.22. The lowest BCUT2D eigenvalue weighted by Gasteiger charge is -2.35. The van der Waals surface area contributed by atoms with Crippen molar-refractivity contribution in [1.29, 1.82) is 0 Å². The van der Waals surface area contributed by atoms with E-state index in [-0.39, 0.29) is 30.1 Å². The van der Waals surface area contributed by atoms with Crippen LogP contribution in [0.15, 0.2) is 30.3 Å². The quantitative estimate of drug-likeness (QED) is 0.418. The molecule has 2 aromatic carbocycles. The van der Waals surface area contributed by atoms with Crippen molar-refractivity contribution in [2.24, 2.45) is 11.8 Å². The van der Waals surface area contributed by atoms with Gasteiger partial charge in [-0.05, 0) is 101 Å². The molecule has 1 aliphatic heterocycles. The van der Waals surface area contributed by atoms with Gasteiger partial charge in [-0.25, -0.2) is 0 Å². The van der Waals surface area contributed by atoms with Crippen LogP contribution in [0.4, 0.5) is 0 Å². The molecular weight excluding hydrogens is 434 g/mol. The Bertz CT molecular complexity index is 959. The first-order chi connectivity index (χ1) is 15.8. The largest absolute Gasteiger partial charge is 0.489 e. The maximum atomic E-state index is 12.3. The van der Waals surface area contributed by atoms with Gasteiger partial charge in [-0.1, -0.05) is 36.7 Å². The van der Waals surface area contributed by atoms with Crippen LogP contribution < -0.4 is 4.74 Å². The molecular formula is C28H38ClNO3. The molecule has 1 atom stereocenters. The zero-order valence-electron chi connectivity index (χ0n) is 20.5. The monoisotopic (exact) mass is 471 g/mol. The minimum Gasteiger partial charge on any atom is -0.489 e. The van der Waals surface area contributed by atoms with Gasteiger partial charge < -0.3 is 9.47 Å². The van der Waals surface area contributed by atoms with Crippen molar-refractivity contribution >= 4 is 28.3 Å². The van der Waals surface area contributed by atoms with Gasteiger partial charge in [-0.15, -0.1) is 0 Å². The highest BCUT2D eigenvalue weighted by molar-refractivity contribution is 6.37. The van der Waals surface area contributed by atoms with Gasteiger partial charge in [-0.2, -0.15) is 0 Å². The SMILES string of the molecule is CC1CCC(Oc2ccc3ccc(C(C)N4CCC(C(=O)OC(C)C)CC4)cc3c2Cl)CC1. The van der Waals surface area contributed by atoms with E-state index in [1.807, 2.05) is 19.9 Å². The summed E-state index contributed by atoms with van der Waals surface area (Å²) in [5, 5.41) is 2.91. The lowest BCUT2D eigenvalue weighted by atomic mass is 9.89. The number of hydrogen-bond donors (Lipinski definition) is 0. The number of halogens is 1. The van der Waals surface area contributed by atoms with Crippen molar-refractivity contribution in [2.45, 2.75) is 84.5 Å². The van der Waals surface area contributed by atoms with Crippen molar-refractivity contribution in [3.63, 3.8) is 0 Å². The van der Waals surface area contributed by atoms with Crippen LogP contribution in [0.25, 0.3) is 10.8 Å². The summed E-state index contributed by atoms with van der Waals surface area (Å²) in [6.45, 7) is 10.2. The van der Waals surface area contributed by atoms with E-state index in [0.717, 1.165) is 66.2 Å². The molecule has 1 aliphatic carbocycles. The van der Waals surface area contributed by atoms with Crippen LogP contribution in [-0.2, 0) is 9.53 Å². The standard InChI is InChI=1S/C28H38ClNO3/c1-18(2)32-28(31)22-13-15-30(16-14-22)20(4)23-8-7-21-9-12-26(27(29)25(21)17-23)33-24-10-5-19(3)6-11-24/h7-9,12,17-20,22,24H,5-6,10-11,13-16H2,1-4H3. The van der Waals surface area contributed by atoms with Crippen molar-refractivity contribution in [3.8, 4) is 5.75 Å². The van der Waals surface area contributed by atoms with Crippen LogP contribution in [0.2, 0.25) is 5.02 Å². The van der Waals surface area contributed by atoms with E-state index >= 15 is 0 Å². The number of rotatable bonds is 6. The number of piperidine rings is 1. The number of carbonyl (C=O) groups excluding carboxylic acids is 1. The summed E-state index contributed by atoms with van der Waals surface area (Å²) in [5.41, 5.74) is 1.25.